The van der Waals surface area contributed by atoms with Gasteiger partial charge in [0.05, 0.1) is 11.1 Å². The van der Waals surface area contributed by atoms with Crippen molar-refractivity contribution >= 4 is 17.4 Å². The molecule has 1 aliphatic carbocycles. The molecule has 156 valence electrons. The van der Waals surface area contributed by atoms with E-state index in [0.717, 1.165) is 31.7 Å². The minimum atomic E-state index is -4.72. The lowest BCUT2D eigenvalue weighted by Crippen LogP contribution is -2.29. The van der Waals surface area contributed by atoms with Crippen LogP contribution in [0.4, 0.5) is 24.8 Å². The van der Waals surface area contributed by atoms with E-state index in [1.165, 1.54) is 24.4 Å². The number of nitrogens with two attached hydrogens (primary N) is 2. The Kier molecular flexibility index (Phi) is 5.83. The Hall–Kier alpha value is -2.68. The van der Waals surface area contributed by atoms with Crippen LogP contribution in [-0.2, 0) is 6.18 Å². The van der Waals surface area contributed by atoms with E-state index in [2.05, 4.69) is 15.3 Å². The van der Waals surface area contributed by atoms with Gasteiger partial charge in [-0.2, -0.15) is 13.2 Å². The van der Waals surface area contributed by atoms with E-state index in [-0.39, 0.29) is 27.5 Å². The summed E-state index contributed by atoms with van der Waals surface area (Å²) in [5.74, 6) is -0.463. The van der Waals surface area contributed by atoms with Gasteiger partial charge >= 0.3 is 6.18 Å². The third kappa shape index (κ3) is 4.59. The zero-order chi connectivity index (χ0) is 20.3. The van der Waals surface area contributed by atoms with Crippen molar-refractivity contribution < 1.29 is 22.2 Å². The summed E-state index contributed by atoms with van der Waals surface area (Å²) >= 11 is 0. The second-order valence-electron chi connectivity index (χ2n) is 7.02. The van der Waals surface area contributed by atoms with Gasteiger partial charge in [0.25, 0.3) is 0 Å². The van der Waals surface area contributed by atoms with Crippen LogP contribution in [0.15, 0.2) is 30.5 Å². The standard InChI is InChI=1S/C19H22F3N5O.3H2/c20-19(21,22)14-7-8-15(26-10-11-3-5-12(23)6-4-11)27-16(14)17(28)13-2-1-9-25-18(13)24;;;/h1-2,7-9,11-12H,3-6,10,23H2,(H2,24,25)(H,26,27);3*1H. The van der Waals surface area contributed by atoms with Gasteiger partial charge in [0.15, 0.2) is 0 Å². The number of pyridine rings is 2. The van der Waals surface area contributed by atoms with Crippen molar-refractivity contribution in [1.82, 2.24) is 9.97 Å². The molecule has 0 spiro atoms. The second kappa shape index (κ2) is 8.14. The van der Waals surface area contributed by atoms with Crippen LogP contribution < -0.4 is 16.8 Å². The van der Waals surface area contributed by atoms with Crippen molar-refractivity contribution in [2.75, 3.05) is 17.6 Å². The molecular formula is C19H28F3N5O. The zero-order valence-corrected chi connectivity index (χ0v) is 15.2. The van der Waals surface area contributed by atoms with Gasteiger partial charge < -0.3 is 16.8 Å². The molecule has 0 unspecified atom stereocenters. The number of carbonyl (C=O) groups excluding carboxylic acids is 1. The van der Waals surface area contributed by atoms with Crippen LogP contribution in [0.2, 0.25) is 0 Å². The molecule has 2 heterocycles. The summed E-state index contributed by atoms with van der Waals surface area (Å²) in [5.41, 5.74) is 9.64. The van der Waals surface area contributed by atoms with E-state index < -0.39 is 23.2 Å². The number of hydrogen-bond acceptors (Lipinski definition) is 6. The fourth-order valence-corrected chi connectivity index (χ4v) is 3.34. The number of nitrogen functional groups attached to an aromatic ring is 1. The molecule has 5 N–H and O–H groups in total. The number of anilines is 2. The Bertz CT molecular complexity index is 862. The molecule has 1 fully saturated rings. The summed E-state index contributed by atoms with van der Waals surface area (Å²) in [5, 5.41) is 3.05. The molecular weight excluding hydrogens is 371 g/mol. The van der Waals surface area contributed by atoms with Crippen LogP contribution in [0.1, 0.15) is 51.6 Å². The van der Waals surface area contributed by atoms with E-state index in [4.69, 9.17) is 11.5 Å². The number of hydrogen-bond donors (Lipinski definition) is 3. The molecule has 2 aromatic rings. The van der Waals surface area contributed by atoms with Gasteiger partial charge in [-0.1, -0.05) is 0 Å². The van der Waals surface area contributed by atoms with Gasteiger partial charge in [-0.3, -0.25) is 4.79 Å². The number of nitrogens with zero attached hydrogens (tertiary/aromatic N) is 2. The molecule has 0 bridgehead atoms. The maximum absolute atomic E-state index is 13.4. The molecule has 0 atom stereocenters. The van der Waals surface area contributed by atoms with Gasteiger partial charge in [-0.25, -0.2) is 9.97 Å². The molecule has 1 aliphatic rings. The third-order valence-electron chi connectivity index (χ3n) is 4.96. The Balaban J connectivity index is 0.00000300. The summed E-state index contributed by atoms with van der Waals surface area (Å²) in [6.45, 7) is 0.563. The molecule has 9 heteroatoms. The summed E-state index contributed by atoms with van der Waals surface area (Å²) in [4.78, 5) is 20.4. The number of aromatic nitrogens is 2. The average molecular weight is 399 g/mol. The van der Waals surface area contributed by atoms with Crippen molar-refractivity contribution in [1.29, 1.82) is 0 Å². The van der Waals surface area contributed by atoms with Gasteiger partial charge in [0.1, 0.15) is 17.3 Å². The van der Waals surface area contributed by atoms with Gasteiger partial charge in [0.2, 0.25) is 5.78 Å². The first-order chi connectivity index (χ1) is 13.3. The quantitative estimate of drug-likeness (QED) is 0.657. The molecule has 2 aromatic heterocycles. The van der Waals surface area contributed by atoms with Crippen LogP contribution in [0, 0.1) is 5.92 Å². The van der Waals surface area contributed by atoms with Crippen LogP contribution >= 0.6 is 0 Å². The predicted molar refractivity (Wildman–Crippen MR) is 106 cm³/mol. The highest BCUT2D eigenvalue weighted by Gasteiger charge is 2.37. The summed E-state index contributed by atoms with van der Waals surface area (Å²) < 4.78 is 40.2. The lowest BCUT2D eigenvalue weighted by atomic mass is 9.86. The topological polar surface area (TPSA) is 107 Å². The van der Waals surface area contributed by atoms with E-state index in [9.17, 15) is 18.0 Å². The summed E-state index contributed by atoms with van der Waals surface area (Å²) in [7, 11) is 0. The normalized spacial score (nSPS) is 20.0. The molecule has 0 aromatic carbocycles. The first-order valence-electron chi connectivity index (χ1n) is 9.08. The van der Waals surface area contributed by atoms with Crippen LogP contribution in [0.25, 0.3) is 0 Å². The molecule has 0 amide bonds. The van der Waals surface area contributed by atoms with E-state index in [0.29, 0.717) is 12.5 Å². The largest absolute Gasteiger partial charge is 0.418 e. The molecule has 0 aliphatic heterocycles. The molecule has 28 heavy (non-hydrogen) atoms. The Morgan fingerprint density at radius 1 is 1.21 bits per heavy atom. The van der Waals surface area contributed by atoms with Crippen molar-refractivity contribution in [3.63, 3.8) is 0 Å². The number of carbonyl (C=O) groups is 1. The molecule has 3 rings (SSSR count). The van der Waals surface area contributed by atoms with Gasteiger partial charge in [-0.05, 0) is 55.9 Å². The number of rotatable bonds is 5. The minimum absolute atomic E-state index is 0. The maximum atomic E-state index is 13.4. The van der Waals surface area contributed by atoms with Crippen LogP contribution in [0.5, 0.6) is 0 Å². The van der Waals surface area contributed by atoms with Crippen molar-refractivity contribution in [3.05, 3.63) is 47.3 Å². The Morgan fingerprint density at radius 2 is 1.93 bits per heavy atom. The first kappa shape index (κ1) is 20.1. The van der Waals surface area contributed by atoms with E-state index in [1.807, 2.05) is 0 Å². The number of alkyl halides is 3. The van der Waals surface area contributed by atoms with E-state index >= 15 is 0 Å². The zero-order valence-electron chi connectivity index (χ0n) is 15.2. The highest BCUT2D eigenvalue weighted by molar-refractivity contribution is 6.11. The minimum Gasteiger partial charge on any atom is -0.383 e. The maximum Gasteiger partial charge on any atom is 0.418 e. The lowest BCUT2D eigenvalue weighted by molar-refractivity contribution is -0.138. The number of ketones is 1. The molecule has 0 radical (unpaired) electrons. The smallest absolute Gasteiger partial charge is 0.383 e. The summed E-state index contributed by atoms with van der Waals surface area (Å²) in [6, 6.07) is 5.09. The first-order valence-corrected chi connectivity index (χ1v) is 9.08. The molecule has 1 saturated carbocycles. The molecule has 0 saturated heterocycles. The predicted octanol–water partition coefficient (Wildman–Crippen LogP) is 3.98. The lowest BCUT2D eigenvalue weighted by Gasteiger charge is -2.26. The average Bonchev–Trinajstić information content (AvgIpc) is 2.66. The Morgan fingerprint density at radius 3 is 2.57 bits per heavy atom. The van der Waals surface area contributed by atoms with Crippen LogP contribution in [0.3, 0.4) is 0 Å². The second-order valence-corrected chi connectivity index (χ2v) is 7.02. The van der Waals surface area contributed by atoms with Gasteiger partial charge in [-0.15, -0.1) is 0 Å². The number of nitrogens with one attached hydrogen (secondary N) is 1. The summed E-state index contributed by atoms with van der Waals surface area (Å²) in [6.07, 6.45) is 0.401. The Labute approximate surface area is 165 Å². The van der Waals surface area contributed by atoms with Gasteiger partial charge in [0, 0.05) is 23.1 Å². The monoisotopic (exact) mass is 399 g/mol. The van der Waals surface area contributed by atoms with Crippen LogP contribution in [-0.4, -0.2) is 28.3 Å². The third-order valence-corrected chi connectivity index (χ3v) is 4.96. The highest BCUT2D eigenvalue weighted by atomic mass is 19.4. The SMILES string of the molecule is Nc1ncccc1C(=O)c1nc(NCC2CCC(N)CC2)ccc1C(F)(F)F.[HH].[HH].[HH]. The van der Waals surface area contributed by atoms with E-state index in [1.54, 1.807) is 0 Å². The fourth-order valence-electron chi connectivity index (χ4n) is 3.34. The highest BCUT2D eigenvalue weighted by Crippen LogP contribution is 2.33. The van der Waals surface area contributed by atoms with Crippen molar-refractivity contribution in [3.8, 4) is 0 Å². The molecule has 6 nitrogen and oxygen atoms in total. The van der Waals surface area contributed by atoms with Crippen molar-refractivity contribution in [2.45, 2.75) is 37.9 Å². The fraction of sp³-hybridized carbons (Fsp3) is 0.421. The number of halogens is 3. The van der Waals surface area contributed by atoms with Crippen molar-refractivity contribution in [2.24, 2.45) is 11.7 Å².